The summed E-state index contributed by atoms with van der Waals surface area (Å²) in [6.45, 7) is 3.76. The second-order valence-corrected chi connectivity index (χ2v) is 7.66. The maximum absolute atomic E-state index is 12.6. The second kappa shape index (κ2) is 8.36. The Balaban J connectivity index is 2.04. The molecule has 0 unspecified atom stereocenters. The summed E-state index contributed by atoms with van der Waals surface area (Å²) in [4.78, 5) is 49.5. The van der Waals surface area contributed by atoms with Crippen molar-refractivity contribution in [1.82, 2.24) is 4.90 Å². The lowest BCUT2D eigenvalue weighted by Crippen LogP contribution is -2.69. The molecule has 2 aliphatic heterocycles. The van der Waals surface area contributed by atoms with Crippen molar-refractivity contribution in [1.29, 1.82) is 0 Å². The maximum Gasteiger partial charge on any atom is 0.410 e. The first-order valence-electron chi connectivity index (χ1n) is 9.76. The Morgan fingerprint density at radius 3 is 1.96 bits per heavy atom. The molecule has 0 radical (unpaired) electrons. The second-order valence-electron chi connectivity index (χ2n) is 7.66. The average molecular weight is 397 g/mol. The molecule has 28 heavy (non-hydrogen) atoms. The number of hydrogen-bond acceptors (Lipinski definition) is 8. The number of rotatable bonds is 4. The van der Waals surface area contributed by atoms with Crippen molar-refractivity contribution in [3.63, 3.8) is 0 Å². The van der Waals surface area contributed by atoms with E-state index in [9.17, 15) is 19.2 Å². The van der Waals surface area contributed by atoms with E-state index in [1.54, 1.807) is 0 Å². The van der Waals surface area contributed by atoms with Gasteiger partial charge in [-0.2, -0.15) is 0 Å². The van der Waals surface area contributed by atoms with Crippen LogP contribution in [-0.2, 0) is 33.3 Å². The third-order valence-electron chi connectivity index (χ3n) is 5.67. The van der Waals surface area contributed by atoms with Gasteiger partial charge in [-0.3, -0.25) is 19.3 Å². The Bertz CT molecular complexity index is 644. The highest BCUT2D eigenvalue weighted by Crippen LogP contribution is 2.41. The molecule has 0 aromatic heterocycles. The normalized spacial score (nSPS) is 32.9. The van der Waals surface area contributed by atoms with Crippen LogP contribution in [0.2, 0.25) is 0 Å². The van der Waals surface area contributed by atoms with Crippen LogP contribution < -0.4 is 0 Å². The predicted octanol–water partition coefficient (Wildman–Crippen LogP) is 1.56. The summed E-state index contributed by atoms with van der Waals surface area (Å²) in [5, 5.41) is 0. The number of carbonyl (C=O) groups is 4. The van der Waals surface area contributed by atoms with E-state index in [2.05, 4.69) is 0 Å². The Hall–Kier alpha value is -2.32. The number of nitrogens with zero attached hydrogens (tertiary/aromatic N) is 1. The van der Waals surface area contributed by atoms with Crippen LogP contribution in [-0.4, -0.2) is 65.9 Å². The van der Waals surface area contributed by atoms with Gasteiger partial charge >= 0.3 is 24.0 Å². The summed E-state index contributed by atoms with van der Waals surface area (Å²) >= 11 is 0. The quantitative estimate of drug-likeness (QED) is 0.519. The zero-order valence-corrected chi connectivity index (χ0v) is 16.4. The first-order valence-corrected chi connectivity index (χ1v) is 9.76. The molecule has 9 heteroatoms. The van der Waals surface area contributed by atoms with Crippen molar-refractivity contribution in [3.05, 3.63) is 0 Å². The summed E-state index contributed by atoms with van der Waals surface area (Å²) in [5.74, 6) is -1.65. The summed E-state index contributed by atoms with van der Waals surface area (Å²) < 4.78 is 21.8. The lowest BCUT2D eigenvalue weighted by molar-refractivity contribution is -0.211. The molecule has 3 fully saturated rings. The zero-order chi connectivity index (χ0) is 20.4. The molecule has 9 nitrogen and oxygen atoms in total. The van der Waals surface area contributed by atoms with E-state index in [4.69, 9.17) is 18.9 Å². The van der Waals surface area contributed by atoms with E-state index in [1.807, 2.05) is 0 Å². The lowest BCUT2D eigenvalue weighted by atomic mass is 9.75. The molecule has 156 valence electrons. The van der Waals surface area contributed by atoms with Crippen LogP contribution in [0, 0.1) is 5.92 Å². The maximum atomic E-state index is 12.6. The van der Waals surface area contributed by atoms with Gasteiger partial charge in [0.1, 0.15) is 12.6 Å². The molecule has 0 bridgehead atoms. The minimum atomic E-state index is -1.01. The first kappa shape index (κ1) is 20.4. The van der Waals surface area contributed by atoms with Crippen molar-refractivity contribution in [2.75, 3.05) is 6.61 Å². The summed E-state index contributed by atoms with van der Waals surface area (Å²) in [7, 11) is 0. The SMILES string of the molecule is CC(=O)O[C@@H]1[C@@H](OC(C)=O)[C@H](C2CCCCC2)N2C(=O)OC[C@@H]2[C@H]1OC(C)=O. The first-order chi connectivity index (χ1) is 13.3. The molecule has 1 aliphatic carbocycles. The van der Waals surface area contributed by atoms with E-state index in [0.29, 0.717) is 0 Å². The highest BCUT2D eigenvalue weighted by atomic mass is 16.6. The highest BCUT2D eigenvalue weighted by molar-refractivity contribution is 5.73. The number of piperidine rings is 1. The number of fused-ring (bicyclic) bond motifs is 1. The van der Waals surface area contributed by atoms with Crippen LogP contribution in [0.3, 0.4) is 0 Å². The molecule has 2 saturated heterocycles. The molecular weight excluding hydrogens is 370 g/mol. The molecule has 2 heterocycles. The summed E-state index contributed by atoms with van der Waals surface area (Å²) in [6, 6.07) is -1.10. The molecule has 1 amide bonds. The predicted molar refractivity (Wildman–Crippen MR) is 94.0 cm³/mol. The minimum Gasteiger partial charge on any atom is -0.456 e. The van der Waals surface area contributed by atoms with Gasteiger partial charge in [0.2, 0.25) is 0 Å². The Morgan fingerprint density at radius 1 is 0.857 bits per heavy atom. The average Bonchev–Trinajstić information content (AvgIpc) is 2.99. The van der Waals surface area contributed by atoms with Crippen LogP contribution in [0.25, 0.3) is 0 Å². The molecule has 3 rings (SSSR count). The third kappa shape index (κ3) is 4.07. The molecule has 0 aromatic carbocycles. The van der Waals surface area contributed by atoms with Crippen molar-refractivity contribution >= 4 is 24.0 Å². The number of amides is 1. The molecule has 3 aliphatic rings. The van der Waals surface area contributed by atoms with Gasteiger partial charge in [-0.25, -0.2) is 4.79 Å². The van der Waals surface area contributed by atoms with Gasteiger partial charge < -0.3 is 18.9 Å². The number of ether oxygens (including phenoxy) is 4. The zero-order valence-electron chi connectivity index (χ0n) is 16.4. The Morgan fingerprint density at radius 2 is 1.39 bits per heavy atom. The third-order valence-corrected chi connectivity index (χ3v) is 5.67. The van der Waals surface area contributed by atoms with E-state index in [1.165, 1.54) is 25.7 Å². The fourth-order valence-corrected chi connectivity index (χ4v) is 4.76. The van der Waals surface area contributed by atoms with Gasteiger partial charge in [0.25, 0.3) is 0 Å². The number of cyclic esters (lactones) is 1. The molecule has 0 spiro atoms. The van der Waals surface area contributed by atoms with Crippen LogP contribution in [0.5, 0.6) is 0 Å². The lowest BCUT2D eigenvalue weighted by Gasteiger charge is -2.50. The molecule has 1 saturated carbocycles. The van der Waals surface area contributed by atoms with Gasteiger partial charge in [0, 0.05) is 20.8 Å². The Labute approximate surface area is 163 Å². The summed E-state index contributed by atoms with van der Waals surface area (Å²) in [5.41, 5.74) is 0. The van der Waals surface area contributed by atoms with Crippen LogP contribution in [0.15, 0.2) is 0 Å². The van der Waals surface area contributed by atoms with Gasteiger partial charge in [-0.05, 0) is 18.8 Å². The van der Waals surface area contributed by atoms with Gasteiger partial charge in [-0.15, -0.1) is 0 Å². The van der Waals surface area contributed by atoms with E-state index < -0.39 is 54.4 Å². The Kier molecular flexibility index (Phi) is 6.10. The van der Waals surface area contributed by atoms with Crippen molar-refractivity contribution in [2.24, 2.45) is 5.92 Å². The smallest absolute Gasteiger partial charge is 0.410 e. The van der Waals surface area contributed by atoms with Crippen LogP contribution in [0.1, 0.15) is 52.9 Å². The fraction of sp³-hybridized carbons (Fsp3) is 0.789. The number of esters is 3. The van der Waals surface area contributed by atoms with Gasteiger partial charge in [0.05, 0.1) is 6.04 Å². The summed E-state index contributed by atoms with van der Waals surface area (Å²) in [6.07, 6.45) is 1.41. The largest absolute Gasteiger partial charge is 0.456 e. The monoisotopic (exact) mass is 397 g/mol. The minimum absolute atomic E-state index is 0.0184. The number of carbonyl (C=O) groups excluding carboxylic acids is 4. The molecule has 5 atom stereocenters. The highest BCUT2D eigenvalue weighted by Gasteiger charge is 2.60. The molecular formula is C19H27NO8. The van der Waals surface area contributed by atoms with E-state index in [-0.39, 0.29) is 12.5 Å². The van der Waals surface area contributed by atoms with E-state index >= 15 is 0 Å². The fourth-order valence-electron chi connectivity index (χ4n) is 4.76. The van der Waals surface area contributed by atoms with Crippen LogP contribution in [0.4, 0.5) is 4.79 Å². The van der Waals surface area contributed by atoms with Crippen molar-refractivity contribution in [2.45, 2.75) is 83.3 Å². The van der Waals surface area contributed by atoms with Gasteiger partial charge in [-0.1, -0.05) is 19.3 Å². The van der Waals surface area contributed by atoms with Crippen molar-refractivity contribution in [3.8, 4) is 0 Å². The standard InChI is InChI=1S/C19H27NO8/c1-10(21)26-16-14-9-25-19(24)20(14)15(13-7-5-4-6-8-13)17(27-11(2)22)18(16)28-12(3)23/h13-18H,4-9H2,1-3H3/t14-,15+,16-,17+,18+/m1/s1. The number of hydrogen-bond donors (Lipinski definition) is 0. The molecule has 0 N–H and O–H groups in total. The van der Waals surface area contributed by atoms with Gasteiger partial charge in [0.15, 0.2) is 18.3 Å². The topological polar surface area (TPSA) is 108 Å². The van der Waals surface area contributed by atoms with E-state index in [0.717, 1.165) is 32.1 Å². The van der Waals surface area contributed by atoms with Crippen molar-refractivity contribution < 1.29 is 38.1 Å². The molecule has 0 aromatic rings. The van der Waals surface area contributed by atoms with Crippen LogP contribution >= 0.6 is 0 Å².